The zero-order valence-electron chi connectivity index (χ0n) is 18.4. The average Bonchev–Trinajstić information content (AvgIpc) is 3.04. The predicted molar refractivity (Wildman–Crippen MR) is 123 cm³/mol. The van der Waals surface area contributed by atoms with Gasteiger partial charge >= 0.3 is 0 Å². The van der Waals surface area contributed by atoms with Crippen molar-refractivity contribution in [1.29, 1.82) is 0 Å². The Morgan fingerprint density at radius 1 is 1.03 bits per heavy atom. The quantitative estimate of drug-likeness (QED) is 0.641. The lowest BCUT2D eigenvalue weighted by Crippen LogP contribution is -2.40. The molecule has 0 saturated carbocycles. The number of amides is 1. The third kappa shape index (κ3) is 4.29. The number of para-hydroxylation sites is 1. The summed E-state index contributed by atoms with van der Waals surface area (Å²) in [5.74, 6) is 0.332. The maximum Gasteiger partial charge on any atom is 0.223 e. The number of aryl methyl sites for hydroxylation is 2. The van der Waals surface area contributed by atoms with Crippen LogP contribution in [0.25, 0.3) is 10.9 Å². The minimum absolute atomic E-state index is 0.129. The lowest BCUT2D eigenvalue weighted by atomic mass is 9.95. The Morgan fingerprint density at radius 2 is 1.73 bits per heavy atom. The maximum absolute atomic E-state index is 12.6. The number of carbonyl (C=O) groups is 1. The Hall–Kier alpha value is -2.59. The Labute approximate surface area is 179 Å². The molecule has 1 amide bonds. The molecule has 0 bridgehead atoms. The second kappa shape index (κ2) is 9.05. The number of rotatable bonds is 6. The molecular formula is C26H33N3O. The summed E-state index contributed by atoms with van der Waals surface area (Å²) < 4.78 is 2.41. The predicted octanol–water partition coefficient (Wildman–Crippen LogP) is 4.81. The third-order valence-electron chi connectivity index (χ3n) is 6.61. The van der Waals surface area contributed by atoms with Gasteiger partial charge in [0, 0.05) is 42.1 Å². The molecule has 1 aliphatic rings. The molecule has 158 valence electrons. The zero-order valence-corrected chi connectivity index (χ0v) is 18.4. The van der Waals surface area contributed by atoms with Crippen molar-refractivity contribution in [2.45, 2.75) is 53.2 Å². The molecule has 2 aromatic carbocycles. The van der Waals surface area contributed by atoms with Crippen LogP contribution in [0.5, 0.6) is 0 Å². The van der Waals surface area contributed by atoms with Gasteiger partial charge in [0.15, 0.2) is 0 Å². The molecule has 0 spiro atoms. The summed E-state index contributed by atoms with van der Waals surface area (Å²) in [6.45, 7) is 11.1. The fourth-order valence-corrected chi connectivity index (χ4v) is 4.73. The fraction of sp³-hybridized carbons (Fsp3) is 0.423. The molecule has 1 aromatic heterocycles. The van der Waals surface area contributed by atoms with Crippen molar-refractivity contribution < 1.29 is 4.79 Å². The highest BCUT2D eigenvalue weighted by Gasteiger charge is 2.26. The Kier molecular flexibility index (Phi) is 6.24. The molecule has 3 aromatic rings. The smallest absolute Gasteiger partial charge is 0.223 e. The van der Waals surface area contributed by atoms with Crippen LogP contribution >= 0.6 is 0 Å². The number of nitrogens with zero attached hydrogens (tertiary/aromatic N) is 2. The van der Waals surface area contributed by atoms with Gasteiger partial charge in [0.25, 0.3) is 0 Å². The van der Waals surface area contributed by atoms with Gasteiger partial charge < -0.3 is 9.88 Å². The van der Waals surface area contributed by atoms with Gasteiger partial charge in [-0.15, -0.1) is 0 Å². The van der Waals surface area contributed by atoms with Crippen molar-refractivity contribution in [3.63, 3.8) is 0 Å². The van der Waals surface area contributed by atoms with E-state index < -0.39 is 0 Å². The molecule has 1 N–H and O–H groups in total. The van der Waals surface area contributed by atoms with E-state index in [1.165, 1.54) is 27.7 Å². The van der Waals surface area contributed by atoms with Gasteiger partial charge in [0.2, 0.25) is 5.91 Å². The number of fused-ring (bicyclic) bond motifs is 1. The van der Waals surface area contributed by atoms with Crippen LogP contribution in [0.15, 0.2) is 48.5 Å². The number of carbonyl (C=O) groups excluding carboxylic acids is 1. The van der Waals surface area contributed by atoms with E-state index in [0.717, 1.165) is 44.6 Å². The topological polar surface area (TPSA) is 37.3 Å². The van der Waals surface area contributed by atoms with Gasteiger partial charge in [-0.25, -0.2) is 0 Å². The number of likely N-dealkylation sites (tertiary alicyclic amines) is 1. The van der Waals surface area contributed by atoms with Crippen LogP contribution in [0, 0.1) is 19.8 Å². The molecule has 0 aliphatic carbocycles. The molecule has 1 aliphatic heterocycles. The molecule has 1 fully saturated rings. The second-order valence-electron chi connectivity index (χ2n) is 8.58. The van der Waals surface area contributed by atoms with Crippen LogP contribution in [0.2, 0.25) is 0 Å². The van der Waals surface area contributed by atoms with Gasteiger partial charge in [0.05, 0.1) is 0 Å². The summed E-state index contributed by atoms with van der Waals surface area (Å²) in [6.07, 6.45) is 1.87. The second-order valence-corrected chi connectivity index (χ2v) is 8.58. The van der Waals surface area contributed by atoms with E-state index in [-0.39, 0.29) is 11.8 Å². The summed E-state index contributed by atoms with van der Waals surface area (Å²) in [4.78, 5) is 15.2. The summed E-state index contributed by atoms with van der Waals surface area (Å²) >= 11 is 0. The van der Waals surface area contributed by atoms with E-state index in [1.807, 2.05) is 0 Å². The van der Waals surface area contributed by atoms with Crippen LogP contribution < -0.4 is 5.32 Å². The van der Waals surface area contributed by atoms with Gasteiger partial charge in [-0.2, -0.15) is 0 Å². The Bertz CT molecular complexity index is 1010. The van der Waals surface area contributed by atoms with Crippen molar-refractivity contribution in [3.05, 3.63) is 70.9 Å². The van der Waals surface area contributed by atoms with Crippen molar-refractivity contribution in [3.8, 4) is 0 Å². The van der Waals surface area contributed by atoms with E-state index in [1.54, 1.807) is 0 Å². The van der Waals surface area contributed by atoms with Crippen LogP contribution in [0.1, 0.15) is 42.1 Å². The first-order chi connectivity index (χ1) is 14.6. The molecule has 0 unspecified atom stereocenters. The highest BCUT2D eigenvalue weighted by molar-refractivity contribution is 5.85. The first kappa shape index (κ1) is 20.7. The SMILES string of the molecule is CCn1c(C)c(CN2CCC(C(=O)NCc3ccc(C)cc3)CC2)c2ccccc21. The number of benzene rings is 2. The molecule has 2 heterocycles. The fourth-order valence-electron chi connectivity index (χ4n) is 4.73. The zero-order chi connectivity index (χ0) is 21.1. The monoisotopic (exact) mass is 403 g/mol. The van der Waals surface area contributed by atoms with Crippen molar-refractivity contribution >= 4 is 16.8 Å². The summed E-state index contributed by atoms with van der Waals surface area (Å²) in [5.41, 5.74) is 6.55. The largest absolute Gasteiger partial charge is 0.352 e. The number of hydrogen-bond donors (Lipinski definition) is 1. The highest BCUT2D eigenvalue weighted by atomic mass is 16.1. The molecule has 0 radical (unpaired) electrons. The minimum atomic E-state index is 0.129. The van der Waals surface area contributed by atoms with E-state index in [9.17, 15) is 4.79 Å². The number of piperidine rings is 1. The Morgan fingerprint density at radius 3 is 2.43 bits per heavy atom. The number of aromatic nitrogens is 1. The van der Waals surface area contributed by atoms with Gasteiger partial charge in [-0.05, 0) is 63.9 Å². The van der Waals surface area contributed by atoms with Crippen molar-refractivity contribution in [2.75, 3.05) is 13.1 Å². The van der Waals surface area contributed by atoms with Crippen LogP contribution in [-0.4, -0.2) is 28.5 Å². The lowest BCUT2D eigenvalue weighted by molar-refractivity contribution is -0.126. The maximum atomic E-state index is 12.6. The number of nitrogens with one attached hydrogen (secondary N) is 1. The third-order valence-corrected chi connectivity index (χ3v) is 6.61. The van der Waals surface area contributed by atoms with Crippen LogP contribution in [0.4, 0.5) is 0 Å². The first-order valence-electron chi connectivity index (χ1n) is 11.2. The highest BCUT2D eigenvalue weighted by Crippen LogP contribution is 2.28. The molecule has 4 heteroatoms. The van der Waals surface area contributed by atoms with E-state index in [0.29, 0.717) is 6.54 Å². The Balaban J connectivity index is 1.34. The summed E-state index contributed by atoms with van der Waals surface area (Å²) in [5, 5.41) is 4.51. The normalized spacial score (nSPS) is 15.6. The molecule has 4 rings (SSSR count). The minimum Gasteiger partial charge on any atom is -0.352 e. The van der Waals surface area contributed by atoms with Crippen LogP contribution in [-0.2, 0) is 24.4 Å². The van der Waals surface area contributed by atoms with E-state index in [4.69, 9.17) is 0 Å². The van der Waals surface area contributed by atoms with Crippen molar-refractivity contribution in [2.24, 2.45) is 5.92 Å². The molecule has 30 heavy (non-hydrogen) atoms. The van der Waals surface area contributed by atoms with Gasteiger partial charge in [0.1, 0.15) is 0 Å². The standard InChI is InChI=1S/C26H33N3O/c1-4-29-20(3)24(23-7-5-6-8-25(23)29)18-28-15-13-22(14-16-28)26(30)27-17-21-11-9-19(2)10-12-21/h5-12,22H,4,13-18H2,1-3H3,(H,27,30). The molecule has 0 atom stereocenters. The summed E-state index contributed by atoms with van der Waals surface area (Å²) in [6, 6.07) is 17.1. The van der Waals surface area contributed by atoms with Crippen molar-refractivity contribution in [1.82, 2.24) is 14.8 Å². The number of hydrogen-bond acceptors (Lipinski definition) is 2. The average molecular weight is 404 g/mol. The summed E-state index contributed by atoms with van der Waals surface area (Å²) in [7, 11) is 0. The van der Waals surface area contributed by atoms with Gasteiger partial charge in [-0.3, -0.25) is 9.69 Å². The van der Waals surface area contributed by atoms with E-state index in [2.05, 4.69) is 84.1 Å². The van der Waals surface area contributed by atoms with Crippen LogP contribution in [0.3, 0.4) is 0 Å². The lowest BCUT2D eigenvalue weighted by Gasteiger charge is -2.31. The van der Waals surface area contributed by atoms with Gasteiger partial charge in [-0.1, -0.05) is 48.0 Å². The molecular weight excluding hydrogens is 370 g/mol. The molecule has 1 saturated heterocycles. The molecule has 4 nitrogen and oxygen atoms in total. The van der Waals surface area contributed by atoms with E-state index >= 15 is 0 Å². The first-order valence-corrected chi connectivity index (χ1v) is 11.2.